The second-order valence-electron chi connectivity index (χ2n) is 6.04. The van der Waals surface area contributed by atoms with Crippen LogP contribution in [-0.2, 0) is 9.59 Å². The van der Waals surface area contributed by atoms with Gasteiger partial charge in [-0.25, -0.2) is 5.48 Å². The largest absolute Gasteiger partial charge is 0.395 e. The quantitative estimate of drug-likeness (QED) is 0.377. The summed E-state index contributed by atoms with van der Waals surface area (Å²) in [7, 11) is 0. The summed E-state index contributed by atoms with van der Waals surface area (Å²) in [6, 6.07) is 8.28. The summed E-state index contributed by atoms with van der Waals surface area (Å²) in [4.78, 5) is 24.2. The summed E-state index contributed by atoms with van der Waals surface area (Å²) in [6.07, 6.45) is 4.21. The van der Waals surface area contributed by atoms with Gasteiger partial charge in [0.15, 0.2) is 0 Å². The van der Waals surface area contributed by atoms with E-state index in [-0.39, 0.29) is 6.42 Å². The molecule has 0 aliphatic heterocycles. The smallest absolute Gasteiger partial charge is 0.268 e. The molecule has 0 saturated heterocycles. The maximum Gasteiger partial charge on any atom is 0.268 e. The van der Waals surface area contributed by atoms with Gasteiger partial charge in [0.05, 0.1) is 18.1 Å². The van der Waals surface area contributed by atoms with Crippen LogP contribution in [0.5, 0.6) is 0 Å². The van der Waals surface area contributed by atoms with E-state index in [0.29, 0.717) is 0 Å². The van der Waals surface area contributed by atoms with Crippen molar-refractivity contribution in [3.05, 3.63) is 54.1 Å². The molecule has 0 radical (unpaired) electrons. The monoisotopic (exact) mass is 346 g/mol. The number of allylic oxidation sites excluding steroid dienone is 3. The van der Waals surface area contributed by atoms with Crippen molar-refractivity contribution in [2.24, 2.45) is 5.41 Å². The Kier molecular flexibility index (Phi) is 6.08. The number of benzene rings is 1. The van der Waals surface area contributed by atoms with Crippen LogP contribution in [0.3, 0.4) is 0 Å². The molecule has 0 fully saturated rings. The van der Waals surface area contributed by atoms with Crippen LogP contribution in [0.15, 0.2) is 48.6 Å². The molecule has 1 aliphatic carbocycles. The van der Waals surface area contributed by atoms with E-state index >= 15 is 0 Å². The van der Waals surface area contributed by atoms with Gasteiger partial charge in [-0.1, -0.05) is 48.6 Å². The Balaban J connectivity index is 2.17. The van der Waals surface area contributed by atoms with E-state index in [4.69, 9.17) is 5.21 Å². The molecule has 2 rings (SSSR count). The van der Waals surface area contributed by atoms with Crippen molar-refractivity contribution in [3.63, 3.8) is 0 Å². The average Bonchev–Trinajstić information content (AvgIpc) is 2.65. The highest BCUT2D eigenvalue weighted by Gasteiger charge is 2.39. The van der Waals surface area contributed by atoms with Gasteiger partial charge >= 0.3 is 0 Å². The maximum atomic E-state index is 12.6. The summed E-state index contributed by atoms with van der Waals surface area (Å²) < 4.78 is 0. The van der Waals surface area contributed by atoms with Gasteiger partial charge < -0.3 is 15.5 Å². The SMILES string of the molecule is C[C@@H](O)[C@H](NC(=O)C1(CO)C=CC(c2ccccc2)=CC1)C(=O)NO. The Morgan fingerprint density at radius 3 is 2.44 bits per heavy atom. The van der Waals surface area contributed by atoms with E-state index in [0.717, 1.165) is 11.1 Å². The second kappa shape index (κ2) is 8.06. The lowest BCUT2D eigenvalue weighted by molar-refractivity contribution is -0.140. The van der Waals surface area contributed by atoms with Crippen LogP contribution >= 0.6 is 0 Å². The Morgan fingerprint density at radius 1 is 1.28 bits per heavy atom. The van der Waals surface area contributed by atoms with Crippen LogP contribution in [0.2, 0.25) is 0 Å². The molecule has 2 amide bonds. The fourth-order valence-corrected chi connectivity index (χ4v) is 2.64. The van der Waals surface area contributed by atoms with Gasteiger partial charge in [-0.15, -0.1) is 0 Å². The number of nitrogens with one attached hydrogen (secondary N) is 2. The van der Waals surface area contributed by atoms with Crippen LogP contribution in [0.4, 0.5) is 0 Å². The van der Waals surface area contributed by atoms with E-state index in [1.165, 1.54) is 12.4 Å². The van der Waals surface area contributed by atoms with Crippen molar-refractivity contribution in [2.45, 2.75) is 25.5 Å². The zero-order valence-electron chi connectivity index (χ0n) is 13.8. The molecule has 1 unspecified atom stereocenters. The number of carbonyl (C=O) groups excluding carboxylic acids is 2. The molecular weight excluding hydrogens is 324 g/mol. The van der Waals surface area contributed by atoms with Crippen LogP contribution in [-0.4, -0.2) is 46.0 Å². The van der Waals surface area contributed by atoms with Crippen molar-refractivity contribution >= 4 is 17.4 Å². The summed E-state index contributed by atoms with van der Waals surface area (Å²) >= 11 is 0. The zero-order valence-corrected chi connectivity index (χ0v) is 13.8. The van der Waals surface area contributed by atoms with Gasteiger partial charge in [-0.2, -0.15) is 0 Å². The predicted octanol–water partition coefficient (Wildman–Crippen LogP) is 0.380. The number of hydrogen-bond acceptors (Lipinski definition) is 5. The Bertz CT molecular complexity index is 684. The highest BCUT2D eigenvalue weighted by atomic mass is 16.5. The molecule has 3 atom stereocenters. The first-order valence-electron chi connectivity index (χ1n) is 7.92. The molecule has 0 spiro atoms. The molecule has 5 N–H and O–H groups in total. The third kappa shape index (κ3) is 4.14. The summed E-state index contributed by atoms with van der Waals surface area (Å²) in [5, 5.41) is 30.5. The third-order valence-corrected chi connectivity index (χ3v) is 4.27. The summed E-state index contributed by atoms with van der Waals surface area (Å²) in [5.41, 5.74) is 2.09. The lowest BCUT2D eigenvalue weighted by Gasteiger charge is -2.31. The van der Waals surface area contributed by atoms with Crippen molar-refractivity contribution in [2.75, 3.05) is 6.61 Å². The number of hydroxylamine groups is 1. The summed E-state index contributed by atoms with van der Waals surface area (Å²) in [5.74, 6) is -1.54. The molecule has 7 nitrogen and oxygen atoms in total. The van der Waals surface area contributed by atoms with Crippen molar-refractivity contribution in [1.82, 2.24) is 10.8 Å². The molecule has 7 heteroatoms. The molecule has 0 heterocycles. The lowest BCUT2D eigenvalue weighted by atomic mass is 9.78. The molecule has 0 bridgehead atoms. The highest BCUT2D eigenvalue weighted by Crippen LogP contribution is 2.33. The zero-order chi connectivity index (χ0) is 18.4. The molecule has 0 saturated carbocycles. The Morgan fingerprint density at radius 2 is 1.96 bits per heavy atom. The first kappa shape index (κ1) is 18.9. The fourth-order valence-electron chi connectivity index (χ4n) is 2.64. The predicted molar refractivity (Wildman–Crippen MR) is 91.2 cm³/mol. The molecule has 0 aromatic heterocycles. The van der Waals surface area contributed by atoms with E-state index in [9.17, 15) is 19.8 Å². The van der Waals surface area contributed by atoms with Gasteiger partial charge in [0.25, 0.3) is 5.91 Å². The lowest BCUT2D eigenvalue weighted by Crippen LogP contribution is -2.56. The minimum atomic E-state index is -1.33. The van der Waals surface area contributed by atoms with Crippen molar-refractivity contribution in [3.8, 4) is 0 Å². The van der Waals surface area contributed by atoms with E-state index in [1.807, 2.05) is 36.4 Å². The van der Waals surface area contributed by atoms with Crippen LogP contribution in [0, 0.1) is 5.41 Å². The normalized spacial score (nSPS) is 21.8. The average molecular weight is 346 g/mol. The van der Waals surface area contributed by atoms with Gasteiger partial charge in [0.1, 0.15) is 6.04 Å². The third-order valence-electron chi connectivity index (χ3n) is 4.27. The van der Waals surface area contributed by atoms with Gasteiger partial charge in [-0.05, 0) is 24.5 Å². The molecule has 25 heavy (non-hydrogen) atoms. The van der Waals surface area contributed by atoms with E-state index in [1.54, 1.807) is 12.2 Å². The van der Waals surface area contributed by atoms with E-state index in [2.05, 4.69) is 5.32 Å². The van der Waals surface area contributed by atoms with E-state index < -0.39 is 36.0 Å². The standard InChI is InChI=1S/C18H22N2O5/c1-12(22)15(16(23)20-25)19-17(24)18(11-21)9-7-14(8-10-18)13-5-3-2-4-6-13/h2-9,12,15,21-22,25H,10-11H2,1H3,(H,19,24)(H,20,23)/t12-,15+,18?/m1/s1. The Labute approximate surface area is 145 Å². The van der Waals surface area contributed by atoms with Crippen molar-refractivity contribution < 1.29 is 25.0 Å². The number of rotatable bonds is 6. The first-order chi connectivity index (χ1) is 11.9. The maximum absolute atomic E-state index is 12.6. The van der Waals surface area contributed by atoms with Crippen LogP contribution < -0.4 is 10.8 Å². The first-order valence-corrected chi connectivity index (χ1v) is 7.92. The Hall–Kier alpha value is -2.48. The number of aliphatic hydroxyl groups excluding tert-OH is 2. The molecule has 1 aromatic carbocycles. The topological polar surface area (TPSA) is 119 Å². The molecule has 1 aromatic rings. The minimum absolute atomic E-state index is 0.239. The van der Waals surface area contributed by atoms with Crippen LogP contribution in [0.1, 0.15) is 18.9 Å². The summed E-state index contributed by atoms with van der Waals surface area (Å²) in [6.45, 7) is 0.858. The van der Waals surface area contributed by atoms with Gasteiger partial charge in [-0.3, -0.25) is 14.8 Å². The molecular formula is C18H22N2O5. The number of aliphatic hydroxyl groups is 2. The van der Waals surface area contributed by atoms with Gasteiger partial charge in [0, 0.05) is 0 Å². The van der Waals surface area contributed by atoms with Crippen LogP contribution in [0.25, 0.3) is 5.57 Å². The number of hydrogen-bond donors (Lipinski definition) is 5. The number of carbonyl (C=O) groups is 2. The van der Waals surface area contributed by atoms with Gasteiger partial charge in [0.2, 0.25) is 5.91 Å². The number of amides is 2. The minimum Gasteiger partial charge on any atom is -0.395 e. The molecule has 1 aliphatic rings. The molecule has 134 valence electrons. The highest BCUT2D eigenvalue weighted by molar-refractivity contribution is 5.92. The second-order valence-corrected chi connectivity index (χ2v) is 6.04. The fraction of sp³-hybridized carbons (Fsp3) is 0.333. The van der Waals surface area contributed by atoms with Crippen molar-refractivity contribution in [1.29, 1.82) is 0 Å².